The quantitative estimate of drug-likeness (QED) is 0.830. The van der Waals surface area contributed by atoms with Gasteiger partial charge in [0, 0.05) is 9.35 Å². The summed E-state index contributed by atoms with van der Waals surface area (Å²) < 4.78 is 6.62. The van der Waals surface area contributed by atoms with Crippen molar-refractivity contribution in [2.45, 2.75) is 26.8 Å². The van der Waals surface area contributed by atoms with Crippen molar-refractivity contribution in [2.24, 2.45) is 0 Å². The first-order chi connectivity index (χ1) is 9.58. The van der Waals surface area contributed by atoms with E-state index in [-0.39, 0.29) is 6.04 Å². The molecule has 0 amide bonds. The molecule has 0 spiro atoms. The van der Waals surface area contributed by atoms with Crippen molar-refractivity contribution in [1.29, 1.82) is 0 Å². The van der Waals surface area contributed by atoms with Crippen molar-refractivity contribution in [1.82, 2.24) is 5.32 Å². The van der Waals surface area contributed by atoms with E-state index in [1.165, 1.54) is 26.0 Å². The van der Waals surface area contributed by atoms with E-state index in [0.717, 1.165) is 12.3 Å². The number of halogens is 1. The highest BCUT2D eigenvalue weighted by Crippen LogP contribution is 2.35. The molecule has 0 aliphatic rings. The molecular formula is C16H20BrNOS. The van der Waals surface area contributed by atoms with Crippen LogP contribution in [0.4, 0.5) is 0 Å². The van der Waals surface area contributed by atoms with Gasteiger partial charge >= 0.3 is 0 Å². The van der Waals surface area contributed by atoms with Gasteiger partial charge in [-0.15, -0.1) is 11.3 Å². The fourth-order valence-electron chi connectivity index (χ4n) is 2.55. The minimum absolute atomic E-state index is 0.220. The van der Waals surface area contributed by atoms with Gasteiger partial charge in [0.25, 0.3) is 0 Å². The summed E-state index contributed by atoms with van der Waals surface area (Å²) in [5.41, 5.74) is 3.64. The average molecular weight is 354 g/mol. The Morgan fingerprint density at radius 1 is 1.30 bits per heavy atom. The molecule has 1 aromatic carbocycles. The SMILES string of the molecule is CCNC(c1cc(C)c(OC)c(C)c1)c1sccc1Br. The zero-order valence-corrected chi connectivity index (χ0v) is 14.7. The van der Waals surface area contributed by atoms with Gasteiger partial charge in [-0.3, -0.25) is 0 Å². The van der Waals surface area contributed by atoms with Gasteiger partial charge in [0.2, 0.25) is 0 Å². The van der Waals surface area contributed by atoms with Crippen LogP contribution < -0.4 is 10.1 Å². The van der Waals surface area contributed by atoms with Gasteiger partial charge in [0.1, 0.15) is 5.75 Å². The predicted molar refractivity (Wildman–Crippen MR) is 90.0 cm³/mol. The number of aryl methyl sites for hydroxylation is 2. The fraction of sp³-hybridized carbons (Fsp3) is 0.375. The number of ether oxygens (including phenoxy) is 1. The molecule has 0 saturated heterocycles. The lowest BCUT2D eigenvalue weighted by Crippen LogP contribution is -2.21. The highest BCUT2D eigenvalue weighted by molar-refractivity contribution is 9.10. The number of nitrogens with one attached hydrogen (secondary N) is 1. The summed E-state index contributed by atoms with van der Waals surface area (Å²) >= 11 is 5.42. The summed E-state index contributed by atoms with van der Waals surface area (Å²) in [6.45, 7) is 7.26. The molecule has 4 heteroatoms. The predicted octanol–water partition coefficient (Wildman–Crippen LogP) is 4.83. The van der Waals surface area contributed by atoms with E-state index < -0.39 is 0 Å². The van der Waals surface area contributed by atoms with Crippen LogP contribution >= 0.6 is 27.3 Å². The molecule has 108 valence electrons. The van der Waals surface area contributed by atoms with Crippen LogP contribution in [-0.2, 0) is 0 Å². The van der Waals surface area contributed by atoms with Crippen LogP contribution in [0.1, 0.15) is 34.5 Å². The standard InChI is InChI=1S/C16H20BrNOS/c1-5-18-14(16-13(17)6-7-20-16)12-8-10(2)15(19-4)11(3)9-12/h6-9,14,18H,5H2,1-4H3. The van der Waals surface area contributed by atoms with Gasteiger partial charge in [-0.25, -0.2) is 0 Å². The Balaban J connectivity index is 2.48. The van der Waals surface area contributed by atoms with Crippen LogP contribution in [0, 0.1) is 13.8 Å². The van der Waals surface area contributed by atoms with E-state index in [2.05, 4.69) is 65.6 Å². The lowest BCUT2D eigenvalue weighted by molar-refractivity contribution is 0.408. The Morgan fingerprint density at radius 3 is 2.40 bits per heavy atom. The maximum absolute atomic E-state index is 5.46. The first kappa shape index (κ1) is 15.5. The van der Waals surface area contributed by atoms with Crippen LogP contribution in [0.5, 0.6) is 5.75 Å². The molecule has 1 aromatic heterocycles. The van der Waals surface area contributed by atoms with Crippen molar-refractivity contribution < 1.29 is 4.74 Å². The summed E-state index contributed by atoms with van der Waals surface area (Å²) in [6.07, 6.45) is 0. The van der Waals surface area contributed by atoms with Crippen molar-refractivity contribution >= 4 is 27.3 Å². The molecule has 2 aromatic rings. The minimum Gasteiger partial charge on any atom is -0.496 e. The van der Waals surface area contributed by atoms with Gasteiger partial charge in [-0.1, -0.05) is 19.1 Å². The molecule has 1 atom stereocenters. The largest absolute Gasteiger partial charge is 0.496 e. The van der Waals surface area contributed by atoms with Gasteiger partial charge in [0.15, 0.2) is 0 Å². The molecule has 1 N–H and O–H groups in total. The van der Waals surface area contributed by atoms with E-state index in [9.17, 15) is 0 Å². The number of rotatable bonds is 5. The average Bonchev–Trinajstić information content (AvgIpc) is 2.81. The zero-order valence-electron chi connectivity index (χ0n) is 12.3. The highest BCUT2D eigenvalue weighted by Gasteiger charge is 2.19. The van der Waals surface area contributed by atoms with Crippen LogP contribution in [0.15, 0.2) is 28.1 Å². The Labute approximate surface area is 133 Å². The van der Waals surface area contributed by atoms with E-state index >= 15 is 0 Å². The van der Waals surface area contributed by atoms with E-state index in [1.807, 2.05) is 0 Å². The van der Waals surface area contributed by atoms with Gasteiger partial charge in [-0.2, -0.15) is 0 Å². The molecule has 1 heterocycles. The maximum atomic E-state index is 5.46. The Kier molecular flexibility index (Phi) is 5.24. The minimum atomic E-state index is 0.220. The molecule has 0 saturated carbocycles. The van der Waals surface area contributed by atoms with Gasteiger partial charge in [0.05, 0.1) is 13.2 Å². The number of methoxy groups -OCH3 is 1. The molecule has 2 rings (SSSR count). The molecule has 0 fully saturated rings. The first-order valence-electron chi connectivity index (χ1n) is 6.69. The molecule has 0 radical (unpaired) electrons. The smallest absolute Gasteiger partial charge is 0.124 e. The summed E-state index contributed by atoms with van der Waals surface area (Å²) in [5, 5.41) is 5.69. The molecule has 20 heavy (non-hydrogen) atoms. The molecule has 1 unspecified atom stereocenters. The Hall–Kier alpha value is -0.840. The second kappa shape index (κ2) is 6.74. The third kappa shape index (κ3) is 3.08. The first-order valence-corrected chi connectivity index (χ1v) is 8.37. The number of hydrogen-bond donors (Lipinski definition) is 1. The van der Waals surface area contributed by atoms with Crippen LogP contribution in [0.3, 0.4) is 0 Å². The second-order valence-electron chi connectivity index (χ2n) is 4.81. The number of hydrogen-bond acceptors (Lipinski definition) is 3. The number of thiophene rings is 1. The highest BCUT2D eigenvalue weighted by atomic mass is 79.9. The summed E-state index contributed by atoms with van der Waals surface area (Å²) in [5.74, 6) is 0.981. The lowest BCUT2D eigenvalue weighted by Gasteiger charge is -2.20. The lowest BCUT2D eigenvalue weighted by atomic mass is 9.99. The number of benzene rings is 1. The van der Waals surface area contributed by atoms with Crippen molar-refractivity contribution in [2.75, 3.05) is 13.7 Å². The topological polar surface area (TPSA) is 21.3 Å². The molecule has 0 bridgehead atoms. The van der Waals surface area contributed by atoms with Crippen LogP contribution in [0.25, 0.3) is 0 Å². The summed E-state index contributed by atoms with van der Waals surface area (Å²) in [4.78, 5) is 1.32. The van der Waals surface area contributed by atoms with Crippen molar-refractivity contribution in [3.63, 3.8) is 0 Å². The molecule has 2 nitrogen and oxygen atoms in total. The monoisotopic (exact) mass is 353 g/mol. The molecular weight excluding hydrogens is 334 g/mol. The fourth-order valence-corrected chi connectivity index (χ4v) is 4.25. The maximum Gasteiger partial charge on any atom is 0.124 e. The summed E-state index contributed by atoms with van der Waals surface area (Å²) in [7, 11) is 1.73. The zero-order chi connectivity index (χ0) is 14.7. The molecule has 0 aliphatic carbocycles. The van der Waals surface area contributed by atoms with Crippen molar-refractivity contribution in [3.05, 3.63) is 49.6 Å². The molecule has 0 aliphatic heterocycles. The second-order valence-corrected chi connectivity index (χ2v) is 6.61. The van der Waals surface area contributed by atoms with E-state index in [1.54, 1.807) is 18.4 Å². The normalized spacial score (nSPS) is 12.4. The summed E-state index contributed by atoms with van der Waals surface area (Å²) in [6, 6.07) is 6.75. The Morgan fingerprint density at radius 2 is 1.95 bits per heavy atom. The van der Waals surface area contributed by atoms with E-state index in [4.69, 9.17) is 4.74 Å². The van der Waals surface area contributed by atoms with E-state index in [0.29, 0.717) is 0 Å². The third-order valence-corrected chi connectivity index (χ3v) is 5.27. The van der Waals surface area contributed by atoms with Crippen molar-refractivity contribution in [3.8, 4) is 5.75 Å². The van der Waals surface area contributed by atoms with Gasteiger partial charge < -0.3 is 10.1 Å². The van der Waals surface area contributed by atoms with Crippen LogP contribution in [-0.4, -0.2) is 13.7 Å². The third-order valence-electron chi connectivity index (χ3n) is 3.34. The van der Waals surface area contributed by atoms with Crippen LogP contribution in [0.2, 0.25) is 0 Å². The Bertz CT molecular complexity index is 571. The van der Waals surface area contributed by atoms with Gasteiger partial charge in [-0.05, 0) is 64.5 Å².